The lowest BCUT2D eigenvalue weighted by molar-refractivity contribution is -0.137. The Hall–Kier alpha value is -1.89. The van der Waals surface area contributed by atoms with Gasteiger partial charge in [0.15, 0.2) is 0 Å². The van der Waals surface area contributed by atoms with Gasteiger partial charge in [-0.3, -0.25) is 4.79 Å². The van der Waals surface area contributed by atoms with Crippen molar-refractivity contribution in [3.63, 3.8) is 0 Å². The molecule has 0 N–H and O–H groups in total. The zero-order valence-electron chi connectivity index (χ0n) is 18.1. The summed E-state index contributed by atoms with van der Waals surface area (Å²) in [5.74, 6) is 0.0492. The van der Waals surface area contributed by atoms with Gasteiger partial charge in [0.25, 0.3) is 0 Å². The first kappa shape index (κ1) is 22.3. The van der Waals surface area contributed by atoms with Crippen LogP contribution < -0.4 is 0 Å². The average molecular weight is 461 g/mol. The molecule has 2 heterocycles. The van der Waals surface area contributed by atoms with Crippen molar-refractivity contribution in [2.45, 2.75) is 50.5 Å². The maximum absolute atomic E-state index is 13.3. The van der Waals surface area contributed by atoms with Gasteiger partial charge >= 0.3 is 0 Å². The van der Waals surface area contributed by atoms with Gasteiger partial charge in [-0.25, -0.2) is 8.42 Å². The Bertz CT molecular complexity index is 1060. The van der Waals surface area contributed by atoms with Gasteiger partial charge in [-0.05, 0) is 80.5 Å². The Morgan fingerprint density at radius 2 is 1.61 bits per heavy atom. The summed E-state index contributed by atoms with van der Waals surface area (Å²) >= 11 is 5.89. The van der Waals surface area contributed by atoms with E-state index in [2.05, 4.69) is 32.0 Å². The number of piperidine rings is 1. The van der Waals surface area contributed by atoms with Crippen LogP contribution in [0.2, 0.25) is 5.02 Å². The van der Waals surface area contributed by atoms with E-state index in [-0.39, 0.29) is 22.8 Å². The predicted octanol–water partition coefficient (Wildman–Crippen LogP) is 4.72. The van der Waals surface area contributed by atoms with E-state index in [0.29, 0.717) is 31.0 Å². The third-order valence-electron chi connectivity index (χ3n) is 6.71. The van der Waals surface area contributed by atoms with Gasteiger partial charge < -0.3 is 4.90 Å². The molecule has 1 unspecified atom stereocenters. The highest BCUT2D eigenvalue weighted by Gasteiger charge is 2.37. The summed E-state index contributed by atoms with van der Waals surface area (Å²) in [5, 5.41) is 0.507. The minimum Gasteiger partial charge on any atom is -0.335 e. The van der Waals surface area contributed by atoms with Crippen LogP contribution in [-0.4, -0.2) is 43.2 Å². The maximum atomic E-state index is 13.3. The average Bonchev–Trinajstić information content (AvgIpc) is 3.25. The van der Waals surface area contributed by atoms with Crippen LogP contribution in [-0.2, 0) is 14.8 Å². The molecular formula is C24H29ClN2O3S. The monoisotopic (exact) mass is 460 g/mol. The van der Waals surface area contributed by atoms with Crippen LogP contribution in [0.1, 0.15) is 48.4 Å². The van der Waals surface area contributed by atoms with Crippen LogP contribution in [0.3, 0.4) is 0 Å². The largest absolute Gasteiger partial charge is 0.335 e. The van der Waals surface area contributed by atoms with Gasteiger partial charge in [0.2, 0.25) is 15.9 Å². The third-order valence-corrected chi connectivity index (χ3v) is 8.87. The zero-order chi connectivity index (χ0) is 22.2. The molecule has 5 nitrogen and oxygen atoms in total. The first-order valence-electron chi connectivity index (χ1n) is 10.9. The number of hydrogen-bond acceptors (Lipinski definition) is 3. The second-order valence-corrected chi connectivity index (χ2v) is 11.0. The summed E-state index contributed by atoms with van der Waals surface area (Å²) in [7, 11) is -3.56. The predicted molar refractivity (Wildman–Crippen MR) is 123 cm³/mol. The van der Waals surface area contributed by atoms with Gasteiger partial charge in [0.05, 0.1) is 10.9 Å². The van der Waals surface area contributed by atoms with Crippen LogP contribution in [0.5, 0.6) is 0 Å². The number of likely N-dealkylation sites (tertiary alicyclic amines) is 1. The second kappa shape index (κ2) is 8.93. The van der Waals surface area contributed by atoms with Crippen molar-refractivity contribution < 1.29 is 13.2 Å². The highest BCUT2D eigenvalue weighted by atomic mass is 35.5. The minimum atomic E-state index is -3.56. The molecule has 0 saturated carbocycles. The Labute approximate surface area is 190 Å². The van der Waals surface area contributed by atoms with Gasteiger partial charge in [-0.2, -0.15) is 4.31 Å². The molecule has 2 aliphatic rings. The maximum Gasteiger partial charge on any atom is 0.243 e. The number of aryl methyl sites for hydroxylation is 2. The molecular weight excluding hydrogens is 432 g/mol. The molecule has 2 saturated heterocycles. The van der Waals surface area contributed by atoms with Crippen molar-refractivity contribution in [1.29, 1.82) is 0 Å². The summed E-state index contributed by atoms with van der Waals surface area (Å²) in [6.07, 6.45) is 3.11. The SMILES string of the molecule is Cc1ccc(C2CCCN2C(=O)C2CCN(S(=O)(=O)c3ccc(Cl)cc3)CC2)cc1C. The highest BCUT2D eigenvalue weighted by Crippen LogP contribution is 2.36. The van der Waals surface area contributed by atoms with Crippen LogP contribution in [0.15, 0.2) is 47.4 Å². The number of rotatable bonds is 4. The fourth-order valence-electron chi connectivity index (χ4n) is 4.68. The van der Waals surface area contributed by atoms with Crippen molar-refractivity contribution in [3.8, 4) is 0 Å². The van der Waals surface area contributed by atoms with E-state index in [1.54, 1.807) is 12.1 Å². The first-order chi connectivity index (χ1) is 14.8. The number of benzene rings is 2. The van der Waals surface area contributed by atoms with E-state index in [9.17, 15) is 13.2 Å². The van der Waals surface area contributed by atoms with Crippen LogP contribution in [0.25, 0.3) is 0 Å². The number of hydrogen-bond donors (Lipinski definition) is 0. The fraction of sp³-hybridized carbons (Fsp3) is 0.458. The van der Waals surface area contributed by atoms with E-state index in [0.717, 1.165) is 19.4 Å². The van der Waals surface area contributed by atoms with E-state index in [4.69, 9.17) is 11.6 Å². The lowest BCUT2D eigenvalue weighted by atomic mass is 9.94. The van der Waals surface area contributed by atoms with E-state index in [1.807, 2.05) is 4.90 Å². The van der Waals surface area contributed by atoms with Gasteiger partial charge in [-0.1, -0.05) is 29.8 Å². The second-order valence-electron chi connectivity index (χ2n) is 8.67. The van der Waals surface area contributed by atoms with Crippen LogP contribution in [0, 0.1) is 19.8 Å². The van der Waals surface area contributed by atoms with Crippen LogP contribution >= 0.6 is 11.6 Å². The zero-order valence-corrected chi connectivity index (χ0v) is 19.6. The molecule has 31 heavy (non-hydrogen) atoms. The Morgan fingerprint density at radius 1 is 0.935 bits per heavy atom. The normalized spacial score (nSPS) is 20.9. The van der Waals surface area contributed by atoms with E-state index in [1.165, 1.54) is 33.1 Å². The topological polar surface area (TPSA) is 57.7 Å². The Kier molecular flexibility index (Phi) is 6.42. The molecule has 0 radical (unpaired) electrons. The number of amides is 1. The van der Waals surface area contributed by atoms with Crippen molar-refractivity contribution >= 4 is 27.5 Å². The van der Waals surface area contributed by atoms with Crippen molar-refractivity contribution in [2.24, 2.45) is 5.92 Å². The van der Waals surface area contributed by atoms with Gasteiger partial charge in [-0.15, -0.1) is 0 Å². The summed E-state index contributed by atoms with van der Waals surface area (Å²) < 4.78 is 27.3. The van der Waals surface area contributed by atoms with Crippen molar-refractivity contribution in [2.75, 3.05) is 19.6 Å². The summed E-state index contributed by atoms with van der Waals surface area (Å²) in [6.45, 7) is 5.71. The molecule has 0 aliphatic carbocycles. The number of sulfonamides is 1. The van der Waals surface area contributed by atoms with Gasteiger partial charge in [0, 0.05) is 30.6 Å². The first-order valence-corrected chi connectivity index (χ1v) is 12.7. The molecule has 0 aromatic heterocycles. The standard InChI is InChI=1S/C24H29ClN2O3S/c1-17-5-6-20(16-18(17)2)23-4-3-13-27(23)24(28)19-11-14-26(15-12-19)31(29,30)22-9-7-21(25)8-10-22/h5-10,16,19,23H,3-4,11-15H2,1-2H3. The van der Waals surface area contributed by atoms with E-state index < -0.39 is 10.0 Å². The molecule has 0 spiro atoms. The molecule has 2 fully saturated rings. The highest BCUT2D eigenvalue weighted by molar-refractivity contribution is 7.89. The van der Waals surface area contributed by atoms with E-state index >= 15 is 0 Å². The fourth-order valence-corrected chi connectivity index (χ4v) is 6.28. The molecule has 2 aromatic rings. The molecule has 1 amide bonds. The smallest absolute Gasteiger partial charge is 0.243 e. The number of carbonyl (C=O) groups excluding carboxylic acids is 1. The number of nitrogens with zero attached hydrogens (tertiary/aromatic N) is 2. The van der Waals surface area contributed by atoms with Gasteiger partial charge in [0.1, 0.15) is 0 Å². The molecule has 0 bridgehead atoms. The molecule has 2 aliphatic heterocycles. The third kappa shape index (κ3) is 4.52. The lowest BCUT2D eigenvalue weighted by Crippen LogP contribution is -2.44. The molecule has 166 valence electrons. The Morgan fingerprint density at radius 3 is 2.26 bits per heavy atom. The summed E-state index contributed by atoms with van der Waals surface area (Å²) in [5.41, 5.74) is 3.71. The molecule has 7 heteroatoms. The Balaban J connectivity index is 1.43. The quantitative estimate of drug-likeness (QED) is 0.663. The molecule has 4 rings (SSSR count). The van der Waals surface area contributed by atoms with Crippen LogP contribution in [0.4, 0.5) is 0 Å². The van der Waals surface area contributed by atoms with Crippen molar-refractivity contribution in [3.05, 3.63) is 64.2 Å². The molecule has 2 aromatic carbocycles. The number of halogens is 1. The number of carbonyl (C=O) groups is 1. The summed E-state index contributed by atoms with van der Waals surface area (Å²) in [6, 6.07) is 12.8. The molecule has 1 atom stereocenters. The minimum absolute atomic E-state index is 0.121. The summed E-state index contributed by atoms with van der Waals surface area (Å²) in [4.78, 5) is 15.6. The van der Waals surface area contributed by atoms with Crippen molar-refractivity contribution in [1.82, 2.24) is 9.21 Å². The lowest BCUT2D eigenvalue weighted by Gasteiger charge is -2.34.